The number of ether oxygens (including phenoxy) is 3. The lowest BCUT2D eigenvalue weighted by Crippen LogP contribution is -2.45. The molecule has 3 heterocycles. The summed E-state index contributed by atoms with van der Waals surface area (Å²) in [6.45, 7) is 0.149. The van der Waals surface area contributed by atoms with Gasteiger partial charge in [0, 0.05) is 12.1 Å². The van der Waals surface area contributed by atoms with E-state index in [9.17, 15) is 13.6 Å². The van der Waals surface area contributed by atoms with E-state index in [1.165, 1.54) is 33.6 Å². The standard InChI is InChI=1S/C19H14F2N4O4S/c20-12-3-11(4-13(21)5-12)7-24-18(26)9-30-19-23-22-17(25(19)24)8-27-14-1-2-15-16(6-14)29-10-28-15/h1-6H,7-10H2. The van der Waals surface area contributed by atoms with Crippen LogP contribution in [0.4, 0.5) is 8.78 Å². The number of amides is 1. The molecule has 0 bridgehead atoms. The van der Waals surface area contributed by atoms with E-state index < -0.39 is 11.6 Å². The summed E-state index contributed by atoms with van der Waals surface area (Å²) in [7, 11) is 0. The molecule has 30 heavy (non-hydrogen) atoms. The molecule has 0 radical (unpaired) electrons. The number of carbonyl (C=O) groups excluding carboxylic acids is 1. The van der Waals surface area contributed by atoms with E-state index in [-0.39, 0.29) is 31.6 Å². The highest BCUT2D eigenvalue weighted by atomic mass is 32.2. The smallest absolute Gasteiger partial charge is 0.252 e. The number of rotatable bonds is 5. The van der Waals surface area contributed by atoms with Crippen LogP contribution in [0.2, 0.25) is 0 Å². The zero-order valence-corrected chi connectivity index (χ0v) is 16.2. The molecule has 0 saturated heterocycles. The van der Waals surface area contributed by atoms with Crippen LogP contribution in [0, 0.1) is 11.6 Å². The maximum absolute atomic E-state index is 13.6. The third kappa shape index (κ3) is 3.52. The molecule has 11 heteroatoms. The Kier molecular flexibility index (Phi) is 4.66. The van der Waals surface area contributed by atoms with Crippen LogP contribution in [0.1, 0.15) is 11.4 Å². The highest BCUT2D eigenvalue weighted by Gasteiger charge is 2.29. The van der Waals surface area contributed by atoms with Crippen molar-refractivity contribution in [2.24, 2.45) is 0 Å². The van der Waals surface area contributed by atoms with Gasteiger partial charge in [-0.15, -0.1) is 10.2 Å². The number of carbonyl (C=O) groups is 1. The van der Waals surface area contributed by atoms with Crippen LogP contribution in [0.15, 0.2) is 41.6 Å². The van der Waals surface area contributed by atoms with Crippen molar-refractivity contribution >= 4 is 17.7 Å². The summed E-state index contributed by atoms with van der Waals surface area (Å²) in [5.41, 5.74) is 0.315. The molecule has 3 aromatic rings. The van der Waals surface area contributed by atoms with Gasteiger partial charge in [-0.05, 0) is 29.8 Å². The van der Waals surface area contributed by atoms with Crippen molar-refractivity contribution in [1.82, 2.24) is 14.9 Å². The zero-order valence-electron chi connectivity index (χ0n) is 15.4. The first-order chi connectivity index (χ1) is 14.6. The fourth-order valence-corrected chi connectivity index (χ4v) is 4.01. The Morgan fingerprint density at radius 1 is 1.07 bits per heavy atom. The van der Waals surface area contributed by atoms with E-state index in [1.54, 1.807) is 18.2 Å². The summed E-state index contributed by atoms with van der Waals surface area (Å²) in [6, 6.07) is 8.32. The maximum Gasteiger partial charge on any atom is 0.252 e. The molecular formula is C19H14F2N4O4S. The molecule has 5 rings (SSSR count). The molecule has 1 amide bonds. The topological polar surface area (TPSA) is 78.7 Å². The number of nitrogens with zero attached hydrogens (tertiary/aromatic N) is 4. The van der Waals surface area contributed by atoms with Gasteiger partial charge in [0.15, 0.2) is 17.3 Å². The zero-order chi connectivity index (χ0) is 20.7. The number of aromatic nitrogens is 3. The van der Waals surface area contributed by atoms with Gasteiger partial charge in [-0.2, -0.15) is 0 Å². The Labute approximate surface area is 173 Å². The van der Waals surface area contributed by atoms with Crippen molar-refractivity contribution < 1.29 is 27.8 Å². The molecule has 0 atom stereocenters. The van der Waals surface area contributed by atoms with Gasteiger partial charge in [0.05, 0.1) is 12.3 Å². The lowest BCUT2D eigenvalue weighted by Gasteiger charge is -2.29. The van der Waals surface area contributed by atoms with E-state index >= 15 is 0 Å². The lowest BCUT2D eigenvalue weighted by molar-refractivity contribution is -0.118. The van der Waals surface area contributed by atoms with E-state index in [1.807, 2.05) is 0 Å². The lowest BCUT2D eigenvalue weighted by atomic mass is 10.2. The monoisotopic (exact) mass is 432 g/mol. The van der Waals surface area contributed by atoms with Gasteiger partial charge in [-0.3, -0.25) is 4.79 Å². The Morgan fingerprint density at radius 2 is 1.87 bits per heavy atom. The predicted molar refractivity (Wildman–Crippen MR) is 101 cm³/mol. The van der Waals surface area contributed by atoms with Crippen LogP contribution in [-0.4, -0.2) is 33.3 Å². The summed E-state index contributed by atoms with van der Waals surface area (Å²) in [5, 5.41) is 10.1. The number of benzene rings is 2. The molecule has 0 fully saturated rings. The number of fused-ring (bicyclic) bond motifs is 2. The van der Waals surface area contributed by atoms with Crippen molar-refractivity contribution in [1.29, 1.82) is 0 Å². The second-order valence-corrected chi connectivity index (χ2v) is 7.47. The van der Waals surface area contributed by atoms with E-state index in [4.69, 9.17) is 14.2 Å². The molecule has 2 aliphatic rings. The van der Waals surface area contributed by atoms with Gasteiger partial charge >= 0.3 is 0 Å². The molecule has 1 aromatic heterocycles. The summed E-state index contributed by atoms with van der Waals surface area (Å²) in [5.74, 6) is 0.623. The maximum atomic E-state index is 13.6. The van der Waals surface area contributed by atoms with Crippen LogP contribution in [0.5, 0.6) is 17.2 Å². The molecule has 0 spiro atoms. The van der Waals surface area contributed by atoms with E-state index in [2.05, 4.69) is 10.2 Å². The van der Waals surface area contributed by atoms with Crippen LogP contribution in [0.25, 0.3) is 0 Å². The van der Waals surface area contributed by atoms with Gasteiger partial charge in [-0.1, -0.05) is 11.8 Å². The van der Waals surface area contributed by atoms with Gasteiger partial charge in [0.25, 0.3) is 5.91 Å². The molecule has 0 saturated carbocycles. The summed E-state index contributed by atoms with van der Waals surface area (Å²) < 4.78 is 45.1. The van der Waals surface area contributed by atoms with E-state index in [0.717, 1.165) is 6.07 Å². The third-order valence-electron chi connectivity index (χ3n) is 4.50. The minimum atomic E-state index is -0.709. The van der Waals surface area contributed by atoms with Crippen LogP contribution < -0.4 is 19.2 Å². The molecule has 0 unspecified atom stereocenters. The second-order valence-electron chi connectivity index (χ2n) is 6.53. The first-order valence-corrected chi connectivity index (χ1v) is 9.90. The highest BCUT2D eigenvalue weighted by molar-refractivity contribution is 7.99. The van der Waals surface area contributed by atoms with Gasteiger partial charge in [0.1, 0.15) is 24.0 Å². The van der Waals surface area contributed by atoms with Crippen LogP contribution in [0.3, 0.4) is 0 Å². The van der Waals surface area contributed by atoms with Crippen LogP contribution in [-0.2, 0) is 17.9 Å². The molecule has 2 aliphatic heterocycles. The molecule has 154 valence electrons. The normalized spacial score (nSPS) is 14.7. The van der Waals surface area contributed by atoms with Gasteiger partial charge in [-0.25, -0.2) is 18.5 Å². The van der Waals surface area contributed by atoms with Crippen molar-refractivity contribution in [2.75, 3.05) is 17.6 Å². The van der Waals surface area contributed by atoms with Crippen LogP contribution >= 0.6 is 11.8 Å². The summed E-state index contributed by atoms with van der Waals surface area (Å²) >= 11 is 1.23. The largest absolute Gasteiger partial charge is 0.485 e. The van der Waals surface area contributed by atoms with Crippen molar-refractivity contribution in [3.05, 3.63) is 59.4 Å². The Bertz CT molecular complexity index is 1120. The number of hydrogen-bond acceptors (Lipinski definition) is 7. The number of halogens is 2. The summed E-state index contributed by atoms with van der Waals surface area (Å²) in [4.78, 5) is 12.6. The van der Waals surface area contributed by atoms with Crippen molar-refractivity contribution in [3.8, 4) is 17.2 Å². The highest BCUT2D eigenvalue weighted by Crippen LogP contribution is 2.35. The number of thioether (sulfide) groups is 1. The third-order valence-corrected chi connectivity index (χ3v) is 5.40. The molecule has 0 aliphatic carbocycles. The number of hydrogen-bond donors (Lipinski definition) is 0. The molecule has 8 nitrogen and oxygen atoms in total. The van der Waals surface area contributed by atoms with Crippen molar-refractivity contribution in [2.45, 2.75) is 18.3 Å². The van der Waals surface area contributed by atoms with Gasteiger partial charge < -0.3 is 14.2 Å². The Morgan fingerprint density at radius 3 is 2.70 bits per heavy atom. The molecule has 2 aromatic carbocycles. The van der Waals surface area contributed by atoms with Crippen molar-refractivity contribution in [3.63, 3.8) is 0 Å². The van der Waals surface area contributed by atoms with E-state index in [0.29, 0.717) is 33.8 Å². The SMILES string of the molecule is O=C1CSc2nnc(COc3ccc4c(c3)OCO4)n2N1Cc1cc(F)cc(F)c1. The minimum absolute atomic E-state index is 0.0223. The fourth-order valence-electron chi connectivity index (χ4n) is 3.18. The minimum Gasteiger partial charge on any atom is -0.485 e. The second kappa shape index (κ2) is 7.48. The Balaban J connectivity index is 1.39. The average molecular weight is 432 g/mol. The first-order valence-electron chi connectivity index (χ1n) is 8.92. The quantitative estimate of drug-likeness (QED) is 0.613. The first kappa shape index (κ1) is 18.7. The summed E-state index contributed by atoms with van der Waals surface area (Å²) in [6.07, 6.45) is 0. The fraction of sp³-hybridized carbons (Fsp3) is 0.211. The van der Waals surface area contributed by atoms with Gasteiger partial charge in [0.2, 0.25) is 11.9 Å². The predicted octanol–water partition coefficient (Wildman–Crippen LogP) is 2.63. The average Bonchev–Trinajstić information content (AvgIpc) is 3.34. The molecule has 0 N–H and O–H groups in total. The molecular weight excluding hydrogens is 418 g/mol. The Hall–Kier alpha value is -3.34.